The third kappa shape index (κ3) is 4.63. The van der Waals surface area contributed by atoms with Gasteiger partial charge in [0.15, 0.2) is 0 Å². The van der Waals surface area contributed by atoms with Crippen molar-refractivity contribution in [1.82, 2.24) is 15.0 Å². The van der Waals surface area contributed by atoms with Gasteiger partial charge in [0.1, 0.15) is 0 Å². The van der Waals surface area contributed by atoms with Crippen LogP contribution in [0.15, 0.2) is 177 Å². The molecule has 0 aliphatic heterocycles. The summed E-state index contributed by atoms with van der Waals surface area (Å²) >= 11 is 0. The predicted octanol–water partition coefficient (Wildman–Crippen LogP) is 12.3. The summed E-state index contributed by atoms with van der Waals surface area (Å²) < 4.78 is 0. The van der Waals surface area contributed by atoms with Crippen LogP contribution in [0.2, 0.25) is 0 Å². The molecule has 0 bridgehead atoms. The SMILES string of the molecule is c1cnc2c(-c3ccc(-c4ccc5ccc6ccc(-c7cc(-c8ccncc8)cc(-c8ccncc8)c7)c7ccc4c5c67)cc3)cccc2c1. The summed E-state index contributed by atoms with van der Waals surface area (Å²) in [6.07, 6.45) is 9.30. The van der Waals surface area contributed by atoms with Crippen molar-refractivity contribution in [2.24, 2.45) is 0 Å². The zero-order valence-electron chi connectivity index (χ0n) is 27.1. The molecule has 0 amide bonds. The van der Waals surface area contributed by atoms with E-state index in [-0.39, 0.29) is 0 Å². The van der Waals surface area contributed by atoms with E-state index in [1.54, 1.807) is 0 Å². The Hall–Kier alpha value is -6.71. The van der Waals surface area contributed by atoms with Gasteiger partial charge >= 0.3 is 0 Å². The van der Waals surface area contributed by atoms with Gasteiger partial charge in [0.25, 0.3) is 0 Å². The second-order valence-electron chi connectivity index (χ2n) is 12.9. The summed E-state index contributed by atoms with van der Waals surface area (Å²) in [4.78, 5) is 13.2. The Kier molecular flexibility index (Phi) is 6.49. The third-order valence-electron chi connectivity index (χ3n) is 10.1. The van der Waals surface area contributed by atoms with E-state index in [1.807, 2.05) is 37.1 Å². The first-order chi connectivity index (χ1) is 24.8. The molecule has 0 atom stereocenters. The highest BCUT2D eigenvalue weighted by Crippen LogP contribution is 2.44. The maximum absolute atomic E-state index is 4.69. The maximum atomic E-state index is 4.69. The maximum Gasteiger partial charge on any atom is 0.0780 e. The summed E-state index contributed by atoms with van der Waals surface area (Å²) in [5.74, 6) is 0. The van der Waals surface area contributed by atoms with E-state index in [0.29, 0.717) is 0 Å². The Bertz CT molecular complexity index is 2780. The molecular weight excluding hydrogens is 607 g/mol. The van der Waals surface area contributed by atoms with Crippen LogP contribution in [-0.4, -0.2) is 15.0 Å². The number of hydrogen-bond acceptors (Lipinski definition) is 3. The van der Waals surface area contributed by atoms with Gasteiger partial charge in [-0.2, -0.15) is 0 Å². The molecule has 3 heteroatoms. The fourth-order valence-electron chi connectivity index (χ4n) is 7.68. The number of hydrogen-bond donors (Lipinski definition) is 0. The first kappa shape index (κ1) is 28.3. The quantitative estimate of drug-likeness (QED) is 0.177. The number of rotatable bonds is 5. The van der Waals surface area contributed by atoms with Crippen molar-refractivity contribution in [1.29, 1.82) is 0 Å². The van der Waals surface area contributed by atoms with Gasteiger partial charge < -0.3 is 0 Å². The van der Waals surface area contributed by atoms with Gasteiger partial charge in [-0.25, -0.2) is 0 Å². The molecule has 232 valence electrons. The molecule has 0 N–H and O–H groups in total. The van der Waals surface area contributed by atoms with Crippen LogP contribution in [0.25, 0.3) is 98.9 Å². The van der Waals surface area contributed by atoms with Crippen LogP contribution in [-0.2, 0) is 0 Å². The smallest absolute Gasteiger partial charge is 0.0780 e. The Morgan fingerprint density at radius 1 is 0.300 bits per heavy atom. The van der Waals surface area contributed by atoms with Gasteiger partial charge in [-0.15, -0.1) is 0 Å². The molecule has 7 aromatic carbocycles. The molecule has 0 saturated carbocycles. The monoisotopic (exact) mass is 635 g/mol. The van der Waals surface area contributed by atoms with Crippen LogP contribution < -0.4 is 0 Å². The molecule has 10 aromatic rings. The van der Waals surface area contributed by atoms with Crippen LogP contribution in [0.3, 0.4) is 0 Å². The molecule has 0 spiro atoms. The van der Waals surface area contributed by atoms with E-state index >= 15 is 0 Å². The van der Waals surface area contributed by atoms with Gasteiger partial charge in [0.05, 0.1) is 5.52 Å². The van der Waals surface area contributed by atoms with Gasteiger partial charge in [-0.05, 0) is 131 Å². The second kappa shape index (κ2) is 11.5. The predicted molar refractivity (Wildman–Crippen MR) is 208 cm³/mol. The molecule has 3 heterocycles. The fourth-order valence-corrected chi connectivity index (χ4v) is 7.68. The lowest BCUT2D eigenvalue weighted by molar-refractivity contribution is 1.33. The molecule has 0 aliphatic carbocycles. The average Bonchev–Trinajstić information content (AvgIpc) is 3.20. The van der Waals surface area contributed by atoms with Crippen LogP contribution >= 0.6 is 0 Å². The summed E-state index contributed by atoms with van der Waals surface area (Å²) in [6, 6.07) is 52.9. The molecule has 50 heavy (non-hydrogen) atoms. The van der Waals surface area contributed by atoms with Crippen molar-refractivity contribution < 1.29 is 0 Å². The number of para-hydroxylation sites is 1. The Balaban J connectivity index is 1.14. The fraction of sp³-hybridized carbons (Fsp3) is 0. The molecule has 3 nitrogen and oxygen atoms in total. The lowest BCUT2D eigenvalue weighted by Crippen LogP contribution is -1.91. The Morgan fingerprint density at radius 2 is 0.800 bits per heavy atom. The molecular formula is C47H29N3. The van der Waals surface area contributed by atoms with E-state index in [0.717, 1.165) is 38.7 Å². The lowest BCUT2D eigenvalue weighted by Gasteiger charge is -2.18. The Morgan fingerprint density at radius 3 is 1.40 bits per heavy atom. The highest BCUT2D eigenvalue weighted by atomic mass is 14.6. The van der Waals surface area contributed by atoms with E-state index < -0.39 is 0 Å². The molecule has 0 unspecified atom stereocenters. The minimum Gasteiger partial charge on any atom is -0.265 e. The van der Waals surface area contributed by atoms with Crippen molar-refractivity contribution in [3.05, 3.63) is 177 Å². The average molecular weight is 636 g/mol. The number of pyridine rings is 3. The first-order valence-corrected chi connectivity index (χ1v) is 16.9. The van der Waals surface area contributed by atoms with Crippen LogP contribution in [0, 0.1) is 0 Å². The van der Waals surface area contributed by atoms with E-state index in [4.69, 9.17) is 4.98 Å². The molecule has 10 rings (SSSR count). The van der Waals surface area contributed by atoms with Crippen molar-refractivity contribution >= 4 is 43.2 Å². The van der Waals surface area contributed by atoms with Crippen molar-refractivity contribution in [2.75, 3.05) is 0 Å². The molecule has 0 radical (unpaired) electrons. The normalized spacial score (nSPS) is 11.6. The van der Waals surface area contributed by atoms with Crippen molar-refractivity contribution in [3.63, 3.8) is 0 Å². The highest BCUT2D eigenvalue weighted by molar-refractivity contribution is 6.27. The molecule has 0 fully saturated rings. The van der Waals surface area contributed by atoms with Gasteiger partial charge in [0.2, 0.25) is 0 Å². The molecule has 3 aromatic heterocycles. The largest absolute Gasteiger partial charge is 0.265 e. The summed E-state index contributed by atoms with van der Waals surface area (Å²) in [5.41, 5.74) is 12.8. The lowest BCUT2D eigenvalue weighted by atomic mass is 9.86. The highest BCUT2D eigenvalue weighted by Gasteiger charge is 2.17. The van der Waals surface area contributed by atoms with Crippen LogP contribution in [0.4, 0.5) is 0 Å². The minimum absolute atomic E-state index is 1.03. The van der Waals surface area contributed by atoms with Crippen molar-refractivity contribution in [3.8, 4) is 55.6 Å². The number of benzene rings is 7. The molecule has 0 saturated heterocycles. The summed E-state index contributed by atoms with van der Waals surface area (Å²) in [6.45, 7) is 0. The number of nitrogens with zero attached hydrogens (tertiary/aromatic N) is 3. The van der Waals surface area contributed by atoms with Crippen LogP contribution in [0.5, 0.6) is 0 Å². The third-order valence-corrected chi connectivity index (χ3v) is 10.1. The Labute approximate surface area is 289 Å². The van der Waals surface area contributed by atoms with Gasteiger partial charge in [0, 0.05) is 41.9 Å². The number of aromatic nitrogens is 3. The number of fused-ring (bicyclic) bond motifs is 1. The zero-order valence-corrected chi connectivity index (χ0v) is 27.1. The zero-order chi connectivity index (χ0) is 33.0. The van der Waals surface area contributed by atoms with Gasteiger partial charge in [-0.1, -0.05) is 97.1 Å². The van der Waals surface area contributed by atoms with Crippen molar-refractivity contribution in [2.45, 2.75) is 0 Å². The molecule has 0 aliphatic rings. The van der Waals surface area contributed by atoms with Crippen LogP contribution in [0.1, 0.15) is 0 Å². The summed E-state index contributed by atoms with van der Waals surface area (Å²) in [7, 11) is 0. The second-order valence-corrected chi connectivity index (χ2v) is 12.9. The topological polar surface area (TPSA) is 38.7 Å². The van der Waals surface area contributed by atoms with E-state index in [2.05, 4.69) is 149 Å². The van der Waals surface area contributed by atoms with Gasteiger partial charge in [-0.3, -0.25) is 15.0 Å². The summed E-state index contributed by atoms with van der Waals surface area (Å²) in [5, 5.41) is 8.78. The van der Waals surface area contributed by atoms with E-state index in [1.165, 1.54) is 60.1 Å². The minimum atomic E-state index is 1.03. The van der Waals surface area contributed by atoms with E-state index in [9.17, 15) is 0 Å². The standard InChI is InChI=1S/C47H29N3/c1-3-36-4-2-22-50-47(36)42(5-1)33-8-6-32(7-9-33)40-14-12-34-10-11-35-13-15-41(44-17-16-43(40)45(34)46(35)44)39-28-37(30-18-23-48-24-19-30)27-38(29-39)31-20-25-49-26-21-31/h1-29H. The first-order valence-electron chi connectivity index (χ1n) is 16.9.